The van der Waals surface area contributed by atoms with Crippen molar-refractivity contribution in [2.75, 3.05) is 10.0 Å². The highest BCUT2D eigenvalue weighted by Gasteiger charge is 2.18. The topological polar surface area (TPSA) is 97.3 Å². The van der Waals surface area contributed by atoms with E-state index in [1.165, 1.54) is 22.8 Å². The number of nitrogens with one attached hydrogen (secondary N) is 2. The maximum atomic E-state index is 12.9. The Kier molecular flexibility index (Phi) is 6.31. The fourth-order valence-electron chi connectivity index (χ4n) is 3.15. The van der Waals surface area contributed by atoms with Crippen LogP contribution < -0.4 is 15.6 Å². The second-order valence-electron chi connectivity index (χ2n) is 7.56. The Bertz CT molecular complexity index is 1290. The maximum absolute atomic E-state index is 12.9. The number of hydrogen-bond donors (Lipinski definition) is 2. The minimum absolute atomic E-state index is 0.0530. The number of aryl methyl sites for hydroxylation is 4. The third-order valence-corrected chi connectivity index (χ3v) is 6.31. The molecule has 8 heteroatoms. The van der Waals surface area contributed by atoms with Gasteiger partial charge in [0.1, 0.15) is 12.2 Å². The van der Waals surface area contributed by atoms with E-state index in [0.29, 0.717) is 11.4 Å². The molecule has 3 aromatic rings. The van der Waals surface area contributed by atoms with Crippen LogP contribution in [0.25, 0.3) is 0 Å². The zero-order chi connectivity index (χ0) is 22.8. The Labute approximate surface area is 181 Å². The van der Waals surface area contributed by atoms with Gasteiger partial charge in [-0.05, 0) is 63.6 Å². The third-order valence-electron chi connectivity index (χ3n) is 4.93. The van der Waals surface area contributed by atoms with Gasteiger partial charge < -0.3 is 9.88 Å². The normalized spacial score (nSPS) is 11.2. The molecule has 1 amide bonds. The van der Waals surface area contributed by atoms with E-state index in [9.17, 15) is 18.0 Å². The Balaban J connectivity index is 1.84. The zero-order valence-corrected chi connectivity index (χ0v) is 18.7. The van der Waals surface area contributed by atoms with Gasteiger partial charge in [-0.2, -0.15) is 0 Å². The fraction of sp³-hybridized carbons (Fsp3) is 0.217. The molecule has 0 radical (unpaired) electrons. The minimum Gasteiger partial charge on any atom is -0.324 e. The molecule has 2 N–H and O–H groups in total. The van der Waals surface area contributed by atoms with E-state index in [1.54, 1.807) is 25.1 Å². The van der Waals surface area contributed by atoms with Gasteiger partial charge in [0.25, 0.3) is 15.6 Å². The second kappa shape index (κ2) is 8.77. The van der Waals surface area contributed by atoms with E-state index < -0.39 is 15.6 Å². The number of aromatic nitrogens is 1. The first-order chi connectivity index (χ1) is 14.6. The summed E-state index contributed by atoms with van der Waals surface area (Å²) in [4.78, 5) is 25.5. The van der Waals surface area contributed by atoms with Gasteiger partial charge in [-0.15, -0.1) is 0 Å². The average Bonchev–Trinajstić information content (AvgIpc) is 2.70. The van der Waals surface area contributed by atoms with Crippen molar-refractivity contribution in [2.24, 2.45) is 0 Å². The van der Waals surface area contributed by atoms with Crippen molar-refractivity contribution in [2.45, 2.75) is 39.1 Å². The number of hydrogen-bond acceptors (Lipinski definition) is 4. The summed E-state index contributed by atoms with van der Waals surface area (Å²) in [6.45, 7) is 7.15. The van der Waals surface area contributed by atoms with Crippen LogP contribution >= 0.6 is 0 Å². The summed E-state index contributed by atoms with van der Waals surface area (Å²) >= 11 is 0. The Morgan fingerprint density at radius 2 is 1.48 bits per heavy atom. The van der Waals surface area contributed by atoms with Gasteiger partial charge in [0, 0.05) is 11.4 Å². The van der Waals surface area contributed by atoms with Crippen LogP contribution in [-0.4, -0.2) is 18.9 Å². The number of nitrogens with zero attached hydrogens (tertiary/aromatic N) is 1. The van der Waals surface area contributed by atoms with Crippen LogP contribution in [0.3, 0.4) is 0 Å². The SMILES string of the molecule is Cc1ccc(S(=O)(=O)Nc2ccc(C)n(CC(=O)Nc3ccc(C)cc3C)c2=O)cc1. The van der Waals surface area contributed by atoms with E-state index in [-0.39, 0.29) is 23.0 Å². The Hall–Kier alpha value is -3.39. The summed E-state index contributed by atoms with van der Waals surface area (Å²) in [6.07, 6.45) is 0. The molecule has 1 aromatic heterocycles. The number of anilines is 2. The molecule has 0 spiro atoms. The number of sulfonamides is 1. The summed E-state index contributed by atoms with van der Waals surface area (Å²) in [5.41, 5.74) is 3.41. The quantitative estimate of drug-likeness (QED) is 0.614. The van der Waals surface area contributed by atoms with Crippen molar-refractivity contribution in [1.29, 1.82) is 0 Å². The molecule has 0 aliphatic carbocycles. The number of benzene rings is 2. The lowest BCUT2D eigenvalue weighted by Crippen LogP contribution is -2.31. The van der Waals surface area contributed by atoms with Crippen LogP contribution in [0.1, 0.15) is 22.4 Å². The molecule has 31 heavy (non-hydrogen) atoms. The predicted molar refractivity (Wildman–Crippen MR) is 122 cm³/mol. The van der Waals surface area contributed by atoms with Gasteiger partial charge in [0.05, 0.1) is 4.90 Å². The van der Waals surface area contributed by atoms with E-state index in [0.717, 1.165) is 16.7 Å². The van der Waals surface area contributed by atoms with E-state index in [1.807, 2.05) is 39.0 Å². The minimum atomic E-state index is -3.93. The molecule has 3 rings (SSSR count). The third kappa shape index (κ3) is 5.21. The molecule has 162 valence electrons. The van der Waals surface area contributed by atoms with Gasteiger partial charge in [-0.1, -0.05) is 35.4 Å². The van der Waals surface area contributed by atoms with Crippen molar-refractivity contribution < 1.29 is 13.2 Å². The molecule has 0 aliphatic heterocycles. The molecule has 0 aliphatic rings. The van der Waals surface area contributed by atoms with Gasteiger partial charge in [0.15, 0.2) is 0 Å². The summed E-state index contributed by atoms with van der Waals surface area (Å²) in [5.74, 6) is -0.379. The lowest BCUT2D eigenvalue weighted by molar-refractivity contribution is -0.116. The summed E-state index contributed by atoms with van der Waals surface area (Å²) < 4.78 is 28.9. The van der Waals surface area contributed by atoms with E-state index >= 15 is 0 Å². The van der Waals surface area contributed by atoms with Crippen LogP contribution in [0.2, 0.25) is 0 Å². The Morgan fingerprint density at radius 1 is 0.871 bits per heavy atom. The second-order valence-corrected chi connectivity index (χ2v) is 9.25. The van der Waals surface area contributed by atoms with Gasteiger partial charge in [-0.25, -0.2) is 8.42 Å². The predicted octanol–water partition coefficient (Wildman–Crippen LogP) is 3.52. The van der Waals surface area contributed by atoms with Crippen molar-refractivity contribution in [3.05, 3.63) is 87.3 Å². The first-order valence-electron chi connectivity index (χ1n) is 9.74. The summed E-state index contributed by atoms with van der Waals surface area (Å²) in [6, 6.07) is 15.0. The first kappa shape index (κ1) is 22.3. The number of amides is 1. The summed E-state index contributed by atoms with van der Waals surface area (Å²) in [5, 5.41) is 2.80. The van der Waals surface area contributed by atoms with Gasteiger partial charge >= 0.3 is 0 Å². The van der Waals surface area contributed by atoms with Crippen molar-refractivity contribution in [3.63, 3.8) is 0 Å². The number of pyridine rings is 1. The van der Waals surface area contributed by atoms with Crippen LogP contribution in [-0.2, 0) is 21.4 Å². The highest BCUT2D eigenvalue weighted by atomic mass is 32.2. The van der Waals surface area contributed by atoms with Crippen LogP contribution in [0.15, 0.2) is 64.3 Å². The number of carbonyl (C=O) groups is 1. The Morgan fingerprint density at radius 3 is 2.13 bits per heavy atom. The molecule has 0 saturated carbocycles. The van der Waals surface area contributed by atoms with Crippen LogP contribution in [0, 0.1) is 27.7 Å². The molecule has 1 heterocycles. The van der Waals surface area contributed by atoms with Crippen molar-refractivity contribution in [1.82, 2.24) is 4.57 Å². The number of carbonyl (C=O) groups excluding carboxylic acids is 1. The molecular formula is C23H25N3O4S. The molecule has 2 aromatic carbocycles. The molecule has 0 unspecified atom stereocenters. The summed E-state index contributed by atoms with van der Waals surface area (Å²) in [7, 11) is -3.93. The van der Waals surface area contributed by atoms with Crippen LogP contribution in [0.4, 0.5) is 11.4 Å². The van der Waals surface area contributed by atoms with Crippen molar-refractivity contribution >= 4 is 27.3 Å². The highest BCUT2D eigenvalue weighted by Crippen LogP contribution is 2.17. The van der Waals surface area contributed by atoms with Crippen LogP contribution in [0.5, 0.6) is 0 Å². The smallest absolute Gasteiger partial charge is 0.275 e. The molecular weight excluding hydrogens is 414 g/mol. The van der Waals surface area contributed by atoms with E-state index in [4.69, 9.17) is 0 Å². The first-order valence-corrected chi connectivity index (χ1v) is 11.2. The zero-order valence-electron chi connectivity index (χ0n) is 17.9. The average molecular weight is 440 g/mol. The molecule has 0 fully saturated rings. The molecule has 0 atom stereocenters. The fourth-order valence-corrected chi connectivity index (χ4v) is 4.21. The maximum Gasteiger partial charge on any atom is 0.275 e. The molecule has 7 nitrogen and oxygen atoms in total. The molecule has 0 bridgehead atoms. The lowest BCUT2D eigenvalue weighted by atomic mass is 10.1. The monoisotopic (exact) mass is 439 g/mol. The van der Waals surface area contributed by atoms with E-state index in [2.05, 4.69) is 10.0 Å². The molecule has 0 saturated heterocycles. The largest absolute Gasteiger partial charge is 0.324 e. The highest BCUT2D eigenvalue weighted by molar-refractivity contribution is 7.92. The number of rotatable bonds is 6. The van der Waals surface area contributed by atoms with Gasteiger partial charge in [0.2, 0.25) is 5.91 Å². The van der Waals surface area contributed by atoms with Gasteiger partial charge in [-0.3, -0.25) is 14.3 Å². The lowest BCUT2D eigenvalue weighted by Gasteiger charge is -2.14. The van der Waals surface area contributed by atoms with Crippen molar-refractivity contribution in [3.8, 4) is 0 Å². The standard InChI is InChI=1S/C23H25N3O4S/c1-15-5-9-19(10-6-15)31(29,30)25-21-12-8-18(4)26(23(21)28)14-22(27)24-20-11-7-16(2)13-17(20)3/h5-13,25H,14H2,1-4H3,(H,24,27).